The van der Waals surface area contributed by atoms with E-state index in [2.05, 4.69) is 10.4 Å². The largest absolute Gasteiger partial charge is 0.462 e. The van der Waals surface area contributed by atoms with Gasteiger partial charge >= 0.3 is 5.97 Å². The number of carbonyl (C=O) groups excluding carboxylic acids is 3. The predicted molar refractivity (Wildman–Crippen MR) is 123 cm³/mol. The number of hydrazone groups is 1. The van der Waals surface area contributed by atoms with Crippen molar-refractivity contribution in [3.63, 3.8) is 0 Å². The van der Waals surface area contributed by atoms with Crippen LogP contribution >= 0.6 is 11.3 Å². The molecule has 1 aromatic carbocycles. The maximum absolute atomic E-state index is 12.9. The third-order valence-corrected chi connectivity index (χ3v) is 6.10. The molecule has 0 spiro atoms. The van der Waals surface area contributed by atoms with Gasteiger partial charge in [0.1, 0.15) is 16.6 Å². The van der Waals surface area contributed by atoms with Crippen molar-refractivity contribution in [2.45, 2.75) is 27.7 Å². The second-order valence-corrected chi connectivity index (χ2v) is 8.28. The highest BCUT2D eigenvalue weighted by Crippen LogP contribution is 2.33. The zero-order valence-corrected chi connectivity index (χ0v) is 18.9. The summed E-state index contributed by atoms with van der Waals surface area (Å²) in [4.78, 5) is 38.9. The minimum absolute atomic E-state index is 0.199. The van der Waals surface area contributed by atoms with E-state index in [0.29, 0.717) is 22.0 Å². The molecule has 8 nitrogen and oxygen atoms in total. The highest BCUT2D eigenvalue weighted by molar-refractivity contribution is 7.16. The van der Waals surface area contributed by atoms with Crippen LogP contribution in [-0.4, -0.2) is 30.1 Å². The second-order valence-electron chi connectivity index (χ2n) is 7.06. The lowest BCUT2D eigenvalue weighted by molar-refractivity contribution is -0.118. The number of thiophene rings is 1. The Morgan fingerprint density at radius 1 is 1.28 bits per heavy atom. The molecule has 164 valence electrons. The van der Waals surface area contributed by atoms with Crippen molar-refractivity contribution in [1.82, 2.24) is 0 Å². The Morgan fingerprint density at radius 2 is 1.97 bits per heavy atom. The highest BCUT2D eigenvalue weighted by atomic mass is 32.1. The fraction of sp³-hybridized carbons (Fsp3) is 0.261. The van der Waals surface area contributed by atoms with Crippen LogP contribution in [0.15, 0.2) is 47.1 Å². The van der Waals surface area contributed by atoms with Gasteiger partial charge in [-0.2, -0.15) is 15.4 Å². The molecule has 3 rings (SSSR count). The molecule has 1 N–H and O–H groups in total. The summed E-state index contributed by atoms with van der Waals surface area (Å²) in [6.07, 6.45) is 1.30. The summed E-state index contributed by atoms with van der Waals surface area (Å²) >= 11 is 1.22. The zero-order valence-electron chi connectivity index (χ0n) is 18.1. The van der Waals surface area contributed by atoms with E-state index in [4.69, 9.17) is 4.74 Å². The van der Waals surface area contributed by atoms with Crippen LogP contribution in [0.5, 0.6) is 0 Å². The van der Waals surface area contributed by atoms with Crippen LogP contribution in [0, 0.1) is 31.1 Å². The van der Waals surface area contributed by atoms with Gasteiger partial charge in [-0.3, -0.25) is 9.59 Å². The first-order valence-electron chi connectivity index (χ1n) is 9.92. The van der Waals surface area contributed by atoms with Gasteiger partial charge in [-0.25, -0.2) is 4.79 Å². The van der Waals surface area contributed by atoms with Crippen LogP contribution < -0.4 is 10.3 Å². The molecule has 0 fully saturated rings. The smallest absolute Gasteiger partial charge is 0.341 e. The van der Waals surface area contributed by atoms with Crippen molar-refractivity contribution in [2.75, 3.05) is 16.9 Å². The zero-order chi connectivity index (χ0) is 23.4. The van der Waals surface area contributed by atoms with E-state index in [-0.39, 0.29) is 23.7 Å². The normalized spacial score (nSPS) is 15.9. The number of aryl methyl sites for hydroxylation is 1. The number of nitrogens with one attached hydrogen (secondary N) is 1. The molecule has 32 heavy (non-hydrogen) atoms. The Hall–Kier alpha value is -3.77. The molecular formula is C23H22N4O4S. The van der Waals surface area contributed by atoms with Crippen LogP contribution in [0.3, 0.4) is 0 Å². The quantitative estimate of drug-likeness (QED) is 0.407. The van der Waals surface area contributed by atoms with E-state index >= 15 is 0 Å². The number of hydrogen-bond donors (Lipinski definition) is 1. The number of ether oxygens (including phenoxy) is 1. The minimum atomic E-state index is -0.841. The van der Waals surface area contributed by atoms with Crippen LogP contribution in [-0.2, 0) is 14.3 Å². The number of para-hydroxylation sites is 1. The third-order valence-electron chi connectivity index (χ3n) is 4.97. The summed E-state index contributed by atoms with van der Waals surface area (Å²) in [7, 11) is 0. The number of esters is 1. The fourth-order valence-electron chi connectivity index (χ4n) is 3.19. The molecule has 1 aliphatic rings. The predicted octanol–water partition coefficient (Wildman–Crippen LogP) is 3.97. The van der Waals surface area contributed by atoms with E-state index < -0.39 is 17.8 Å². The molecule has 2 aromatic rings. The molecule has 0 saturated carbocycles. The van der Waals surface area contributed by atoms with Gasteiger partial charge in [0.25, 0.3) is 11.8 Å². The Morgan fingerprint density at radius 3 is 2.59 bits per heavy atom. The lowest BCUT2D eigenvalue weighted by Gasteiger charge is -2.13. The molecule has 0 radical (unpaired) electrons. The summed E-state index contributed by atoms with van der Waals surface area (Å²) in [6.45, 7) is 7.16. The van der Waals surface area contributed by atoms with Crippen LogP contribution in [0.1, 0.15) is 34.6 Å². The van der Waals surface area contributed by atoms with Crippen molar-refractivity contribution < 1.29 is 19.1 Å². The Bertz CT molecular complexity index is 1170. The first-order chi connectivity index (χ1) is 15.3. The van der Waals surface area contributed by atoms with E-state index in [9.17, 15) is 19.6 Å². The topological polar surface area (TPSA) is 112 Å². The van der Waals surface area contributed by atoms with Crippen LogP contribution in [0.4, 0.5) is 10.7 Å². The molecule has 0 aliphatic carbocycles. The molecular weight excluding hydrogens is 428 g/mol. The van der Waals surface area contributed by atoms with Crippen molar-refractivity contribution in [3.05, 3.63) is 58.0 Å². The number of hydrogen-bond acceptors (Lipinski definition) is 7. The van der Waals surface area contributed by atoms with Gasteiger partial charge in [0.15, 0.2) is 0 Å². The van der Waals surface area contributed by atoms with Gasteiger partial charge < -0.3 is 10.1 Å². The summed E-state index contributed by atoms with van der Waals surface area (Å²) in [6, 6.07) is 10.8. The molecule has 2 amide bonds. The molecule has 0 saturated heterocycles. The molecule has 1 aliphatic heterocycles. The van der Waals surface area contributed by atoms with Gasteiger partial charge in [-0.15, -0.1) is 11.3 Å². The Labute approximate surface area is 189 Å². The van der Waals surface area contributed by atoms with Crippen LogP contribution in [0.25, 0.3) is 0 Å². The fourth-order valence-corrected chi connectivity index (χ4v) is 4.23. The van der Waals surface area contributed by atoms with E-state index in [1.54, 1.807) is 45.0 Å². The lowest BCUT2D eigenvalue weighted by atomic mass is 10.0. The molecule has 1 atom stereocenters. The van der Waals surface area contributed by atoms with Crippen molar-refractivity contribution >= 4 is 45.5 Å². The number of nitrogens with zero attached hydrogens (tertiary/aromatic N) is 3. The number of benzene rings is 1. The maximum atomic E-state index is 12.9. The van der Waals surface area contributed by atoms with Gasteiger partial charge in [0.2, 0.25) is 0 Å². The third kappa shape index (κ3) is 4.45. The average molecular weight is 451 g/mol. The lowest BCUT2D eigenvalue weighted by Crippen LogP contribution is -2.27. The molecule has 0 bridgehead atoms. The Balaban J connectivity index is 1.85. The number of carbonyl (C=O) groups is 3. The summed E-state index contributed by atoms with van der Waals surface area (Å²) in [5.74, 6) is -2.45. The summed E-state index contributed by atoms with van der Waals surface area (Å²) in [5.41, 5.74) is 1.80. The van der Waals surface area contributed by atoms with Crippen molar-refractivity contribution in [3.8, 4) is 6.07 Å². The minimum Gasteiger partial charge on any atom is -0.462 e. The average Bonchev–Trinajstić information content (AvgIpc) is 3.21. The number of anilines is 2. The van der Waals surface area contributed by atoms with Crippen molar-refractivity contribution in [2.24, 2.45) is 11.0 Å². The van der Waals surface area contributed by atoms with Gasteiger partial charge in [-0.05, 0) is 51.5 Å². The molecule has 1 aromatic heterocycles. The highest BCUT2D eigenvalue weighted by Gasteiger charge is 2.34. The van der Waals surface area contributed by atoms with E-state index in [1.807, 2.05) is 19.1 Å². The number of nitriles is 1. The van der Waals surface area contributed by atoms with E-state index in [0.717, 1.165) is 4.88 Å². The maximum Gasteiger partial charge on any atom is 0.341 e. The van der Waals surface area contributed by atoms with Gasteiger partial charge in [0.05, 0.1) is 29.5 Å². The SMILES string of the molecule is CCOC(=O)c1c(NC(=O)/C(C#N)=C\C2C(=O)N(c3ccccc3)N=C2C)sc(C)c1C. The summed E-state index contributed by atoms with van der Waals surface area (Å²) < 4.78 is 5.09. The molecule has 1 unspecified atom stereocenters. The molecule has 2 heterocycles. The van der Waals surface area contributed by atoms with Gasteiger partial charge in [0, 0.05) is 4.88 Å². The first kappa shape index (κ1) is 22.9. The number of rotatable bonds is 6. The Kier molecular flexibility index (Phi) is 6.85. The monoisotopic (exact) mass is 450 g/mol. The first-order valence-corrected chi connectivity index (χ1v) is 10.7. The number of amides is 2. The van der Waals surface area contributed by atoms with Crippen molar-refractivity contribution in [1.29, 1.82) is 5.26 Å². The standard InChI is InChI=1S/C23H22N4O4S/c1-5-31-23(30)19-13(2)15(4)32-21(19)25-20(28)16(12-24)11-18-14(3)26-27(22(18)29)17-9-7-6-8-10-17/h6-11,18H,5H2,1-4H3,(H,25,28)/b16-11-. The van der Waals surface area contributed by atoms with Crippen LogP contribution in [0.2, 0.25) is 0 Å². The summed E-state index contributed by atoms with van der Waals surface area (Å²) in [5, 5.41) is 18.1. The second kappa shape index (κ2) is 9.58. The molecule has 9 heteroatoms. The van der Waals surface area contributed by atoms with E-state index in [1.165, 1.54) is 22.4 Å². The van der Waals surface area contributed by atoms with Gasteiger partial charge in [-0.1, -0.05) is 18.2 Å².